The lowest BCUT2D eigenvalue weighted by Crippen LogP contribution is -2.17. The van der Waals surface area contributed by atoms with Gasteiger partial charge in [-0.3, -0.25) is 0 Å². The highest BCUT2D eigenvalue weighted by atomic mass is 35.5. The number of hydrogen-bond acceptors (Lipinski definition) is 2. The molecule has 0 aliphatic heterocycles. The minimum Gasteiger partial charge on any atom is -0.406 e. The molecule has 0 heterocycles. The number of halogens is 4. The molecule has 0 bridgehead atoms. The molecule has 1 N–H and O–H groups in total. The van der Waals surface area contributed by atoms with Crippen LogP contribution in [0.15, 0.2) is 24.3 Å². The van der Waals surface area contributed by atoms with Gasteiger partial charge in [0.15, 0.2) is 0 Å². The molecule has 1 aromatic carbocycles. The zero-order chi connectivity index (χ0) is 11.5. The molecule has 6 heteroatoms. The normalized spacial score (nSPS) is 13.7. The number of aliphatic hydroxyl groups excluding tert-OH is 1. The molecular formula is C9H8ClF3O2. The van der Waals surface area contributed by atoms with Crippen molar-refractivity contribution in [2.24, 2.45) is 0 Å². The maximum atomic E-state index is 11.8. The summed E-state index contributed by atoms with van der Waals surface area (Å²) in [5.74, 6) is -0.340. The minimum atomic E-state index is -4.70. The molecule has 0 saturated heterocycles. The van der Waals surface area contributed by atoms with Crippen LogP contribution in [0.3, 0.4) is 0 Å². The van der Waals surface area contributed by atoms with E-state index in [2.05, 4.69) is 4.74 Å². The molecule has 1 unspecified atom stereocenters. The number of rotatable bonds is 3. The van der Waals surface area contributed by atoms with E-state index in [0.717, 1.165) is 12.1 Å². The Hall–Kier alpha value is -0.940. The third-order valence-electron chi connectivity index (χ3n) is 1.64. The number of alkyl halides is 4. The van der Waals surface area contributed by atoms with E-state index in [1.54, 1.807) is 0 Å². The van der Waals surface area contributed by atoms with Gasteiger partial charge in [0.2, 0.25) is 0 Å². The lowest BCUT2D eigenvalue weighted by atomic mass is 10.1. The molecule has 0 amide bonds. The SMILES string of the molecule is OC(CCl)c1ccc(OC(F)(F)F)cc1. The van der Waals surface area contributed by atoms with Gasteiger partial charge in [-0.2, -0.15) is 0 Å². The Kier molecular flexibility index (Phi) is 3.82. The van der Waals surface area contributed by atoms with Gasteiger partial charge in [-0.1, -0.05) is 12.1 Å². The molecule has 84 valence electrons. The predicted octanol–water partition coefficient (Wildman–Crippen LogP) is 2.86. The average Bonchev–Trinajstić information content (AvgIpc) is 2.15. The zero-order valence-corrected chi connectivity index (χ0v) is 8.22. The molecule has 0 aromatic heterocycles. The first kappa shape index (κ1) is 12.1. The summed E-state index contributed by atoms with van der Waals surface area (Å²) in [5.41, 5.74) is 0.444. The summed E-state index contributed by atoms with van der Waals surface area (Å²) in [4.78, 5) is 0. The first-order valence-corrected chi connectivity index (χ1v) is 4.55. The lowest BCUT2D eigenvalue weighted by Gasteiger charge is -2.10. The summed E-state index contributed by atoms with van der Waals surface area (Å²) in [5, 5.41) is 9.26. The van der Waals surface area contributed by atoms with Crippen LogP contribution in [0.5, 0.6) is 5.75 Å². The highest BCUT2D eigenvalue weighted by Crippen LogP contribution is 2.24. The molecule has 15 heavy (non-hydrogen) atoms. The van der Waals surface area contributed by atoms with Gasteiger partial charge in [0, 0.05) is 0 Å². The monoisotopic (exact) mass is 240 g/mol. The molecule has 0 aliphatic carbocycles. The molecular weight excluding hydrogens is 233 g/mol. The van der Waals surface area contributed by atoms with Crippen LogP contribution in [-0.4, -0.2) is 17.3 Å². The second-order valence-corrected chi connectivity index (χ2v) is 3.10. The van der Waals surface area contributed by atoms with Gasteiger partial charge in [0.1, 0.15) is 5.75 Å². The van der Waals surface area contributed by atoms with Crippen LogP contribution in [0.1, 0.15) is 11.7 Å². The number of hydrogen-bond donors (Lipinski definition) is 1. The summed E-state index contributed by atoms with van der Waals surface area (Å²) in [6.45, 7) is 0. The Balaban J connectivity index is 2.72. The van der Waals surface area contributed by atoms with E-state index in [0.29, 0.717) is 5.56 Å². The molecule has 2 nitrogen and oxygen atoms in total. The Bertz CT molecular complexity index is 310. The molecule has 0 aliphatic rings. The fraction of sp³-hybridized carbons (Fsp3) is 0.333. The Morgan fingerprint density at radius 1 is 1.27 bits per heavy atom. The molecule has 1 rings (SSSR count). The fourth-order valence-electron chi connectivity index (χ4n) is 0.981. The van der Waals surface area contributed by atoms with Crippen LogP contribution in [0.25, 0.3) is 0 Å². The summed E-state index contributed by atoms with van der Waals surface area (Å²) >= 11 is 5.37. The van der Waals surface area contributed by atoms with Crippen LogP contribution in [0.2, 0.25) is 0 Å². The summed E-state index contributed by atoms with van der Waals surface area (Å²) in [6, 6.07) is 4.90. The molecule has 1 atom stereocenters. The van der Waals surface area contributed by atoms with Gasteiger partial charge in [-0.15, -0.1) is 24.8 Å². The van der Waals surface area contributed by atoms with Crippen LogP contribution >= 0.6 is 11.6 Å². The van der Waals surface area contributed by atoms with E-state index in [-0.39, 0.29) is 11.6 Å². The second kappa shape index (κ2) is 4.72. The van der Waals surface area contributed by atoms with E-state index in [1.807, 2.05) is 0 Å². The largest absolute Gasteiger partial charge is 0.573 e. The topological polar surface area (TPSA) is 29.5 Å². The lowest BCUT2D eigenvalue weighted by molar-refractivity contribution is -0.274. The van der Waals surface area contributed by atoms with E-state index < -0.39 is 12.5 Å². The zero-order valence-electron chi connectivity index (χ0n) is 7.46. The van der Waals surface area contributed by atoms with Crippen molar-refractivity contribution in [1.82, 2.24) is 0 Å². The van der Waals surface area contributed by atoms with E-state index in [9.17, 15) is 18.3 Å². The van der Waals surface area contributed by atoms with E-state index in [4.69, 9.17) is 11.6 Å². The van der Waals surface area contributed by atoms with E-state index >= 15 is 0 Å². The molecule has 0 spiro atoms. The van der Waals surface area contributed by atoms with Crippen molar-refractivity contribution in [3.63, 3.8) is 0 Å². The maximum absolute atomic E-state index is 11.8. The van der Waals surface area contributed by atoms with Crippen molar-refractivity contribution in [1.29, 1.82) is 0 Å². The van der Waals surface area contributed by atoms with Crippen molar-refractivity contribution >= 4 is 11.6 Å². The van der Waals surface area contributed by atoms with Crippen LogP contribution in [0, 0.1) is 0 Å². The standard InChI is InChI=1S/C9H8ClF3O2/c10-5-8(14)6-1-3-7(4-2-6)15-9(11,12)13/h1-4,8,14H,5H2. The van der Waals surface area contributed by atoms with Crippen molar-refractivity contribution in [3.05, 3.63) is 29.8 Å². The number of benzene rings is 1. The molecule has 0 radical (unpaired) electrons. The van der Waals surface area contributed by atoms with Crippen LogP contribution in [0.4, 0.5) is 13.2 Å². The van der Waals surface area contributed by atoms with Gasteiger partial charge in [0.05, 0.1) is 12.0 Å². The van der Waals surface area contributed by atoms with Gasteiger partial charge in [-0.05, 0) is 17.7 Å². The smallest absolute Gasteiger partial charge is 0.406 e. The molecule has 0 saturated carbocycles. The van der Waals surface area contributed by atoms with Crippen LogP contribution in [-0.2, 0) is 0 Å². The molecule has 1 aromatic rings. The highest BCUT2D eigenvalue weighted by Gasteiger charge is 2.30. The Labute approximate surface area is 89.2 Å². The summed E-state index contributed by atoms with van der Waals surface area (Å²) in [7, 11) is 0. The van der Waals surface area contributed by atoms with Crippen molar-refractivity contribution in [3.8, 4) is 5.75 Å². The number of aliphatic hydroxyl groups is 1. The van der Waals surface area contributed by atoms with E-state index in [1.165, 1.54) is 12.1 Å². The first-order chi connectivity index (χ1) is 6.92. The third-order valence-corrected chi connectivity index (χ3v) is 1.94. The summed E-state index contributed by atoms with van der Waals surface area (Å²) in [6.07, 6.45) is -5.58. The van der Waals surface area contributed by atoms with Gasteiger partial charge >= 0.3 is 6.36 Å². The van der Waals surface area contributed by atoms with Crippen molar-refractivity contribution in [2.75, 3.05) is 5.88 Å². The first-order valence-electron chi connectivity index (χ1n) is 4.02. The molecule has 0 fully saturated rings. The fourth-order valence-corrected chi connectivity index (χ4v) is 1.16. The van der Waals surface area contributed by atoms with Gasteiger partial charge < -0.3 is 9.84 Å². The highest BCUT2D eigenvalue weighted by molar-refractivity contribution is 6.18. The Morgan fingerprint density at radius 3 is 2.20 bits per heavy atom. The average molecular weight is 241 g/mol. The van der Waals surface area contributed by atoms with Crippen LogP contribution < -0.4 is 4.74 Å². The predicted molar refractivity (Wildman–Crippen MR) is 48.8 cm³/mol. The van der Waals surface area contributed by atoms with Gasteiger partial charge in [-0.25, -0.2) is 0 Å². The quantitative estimate of drug-likeness (QED) is 0.824. The Morgan fingerprint density at radius 2 is 1.80 bits per heavy atom. The summed E-state index contributed by atoms with van der Waals surface area (Å²) < 4.78 is 39.0. The number of ether oxygens (including phenoxy) is 1. The maximum Gasteiger partial charge on any atom is 0.573 e. The third kappa shape index (κ3) is 3.97. The minimum absolute atomic E-state index is 0.0144. The van der Waals surface area contributed by atoms with Crippen molar-refractivity contribution in [2.45, 2.75) is 12.5 Å². The second-order valence-electron chi connectivity index (χ2n) is 2.79. The van der Waals surface area contributed by atoms with Crippen molar-refractivity contribution < 1.29 is 23.0 Å². The van der Waals surface area contributed by atoms with Gasteiger partial charge in [0.25, 0.3) is 0 Å².